The molecule has 3 unspecified atom stereocenters. The van der Waals surface area contributed by atoms with E-state index in [0.29, 0.717) is 64.4 Å². The lowest BCUT2D eigenvalue weighted by molar-refractivity contribution is -0.203. The van der Waals surface area contributed by atoms with Crippen LogP contribution in [0, 0.1) is 0 Å². The second-order valence-electron chi connectivity index (χ2n) is 28.5. The first-order valence-corrected chi connectivity index (χ1v) is 37.5. The van der Waals surface area contributed by atoms with Crippen molar-refractivity contribution in [1.82, 2.24) is 0 Å². The number of rotatable bonds is 43. The van der Waals surface area contributed by atoms with Gasteiger partial charge in [-0.25, -0.2) is 0 Å². The van der Waals surface area contributed by atoms with Crippen LogP contribution in [-0.4, -0.2) is 111 Å². The van der Waals surface area contributed by atoms with E-state index in [2.05, 4.69) is 222 Å². The Labute approximate surface area is 630 Å². The van der Waals surface area contributed by atoms with E-state index in [1.54, 1.807) is 56.9 Å². The van der Waals surface area contributed by atoms with Gasteiger partial charge in [-0.1, -0.05) is 221 Å². The third-order valence-corrected chi connectivity index (χ3v) is 22.5. The molecule has 0 amide bonds. The normalized spacial score (nSPS) is 20.8. The zero-order valence-electron chi connectivity index (χ0n) is 64.8. The summed E-state index contributed by atoms with van der Waals surface area (Å²) in [5, 5.41) is 0. The first-order chi connectivity index (χ1) is 51.7. The van der Waals surface area contributed by atoms with E-state index in [-0.39, 0.29) is 59.9 Å². The van der Waals surface area contributed by atoms with E-state index in [9.17, 15) is 0 Å². The van der Waals surface area contributed by atoms with Crippen molar-refractivity contribution in [2.24, 2.45) is 0 Å². The summed E-state index contributed by atoms with van der Waals surface area (Å²) in [4.78, 5) is 0. The van der Waals surface area contributed by atoms with Crippen molar-refractivity contribution in [1.29, 1.82) is 0 Å². The summed E-state index contributed by atoms with van der Waals surface area (Å²) in [5.74, 6) is 0. The molecule has 106 heavy (non-hydrogen) atoms. The summed E-state index contributed by atoms with van der Waals surface area (Å²) in [7, 11) is 13.3. The Kier molecular flexibility index (Phi) is 30.0. The van der Waals surface area contributed by atoms with E-state index < -0.39 is 33.6 Å². The topological polar surface area (TPSA) is 148 Å². The third kappa shape index (κ3) is 19.2. The van der Waals surface area contributed by atoms with Crippen LogP contribution in [0.15, 0.2) is 194 Å². The molecule has 0 aliphatic heterocycles. The van der Waals surface area contributed by atoms with Gasteiger partial charge in [0.1, 0.15) is 54.3 Å². The Bertz CT molecular complexity index is 3850. The maximum atomic E-state index is 6.79. The summed E-state index contributed by atoms with van der Waals surface area (Å²) in [6.07, 6.45) is 10.5. The first kappa shape index (κ1) is 81.6. The lowest BCUT2D eigenvalue weighted by atomic mass is 9.70. The summed E-state index contributed by atoms with van der Waals surface area (Å²) >= 11 is 0. The van der Waals surface area contributed by atoms with E-state index in [0.717, 1.165) is 116 Å². The van der Waals surface area contributed by atoms with Gasteiger partial charge >= 0.3 is 0 Å². The molecule has 3 atom stereocenters. The van der Waals surface area contributed by atoms with Crippen LogP contribution in [-0.2, 0) is 122 Å². The second-order valence-corrected chi connectivity index (χ2v) is 28.5. The van der Waals surface area contributed by atoms with Crippen LogP contribution in [0.25, 0.3) is 44.5 Å². The standard InChI is InChI=1S/C90H114O16/c1-13-48-85(14-2,101-62-93-7)78-36-22-72(23-37-78)75-30-44-82(45-31-75)89(105-66-97-11)55-57-90(58-56-89,106-67-98-12)83-46-32-76(33-47-83)73-24-38-79(39-25-73)86(15-3,102-63-94-8)50-49-84(4,100-61-92-6)77-34-20-70(21-35-77)74-28-42-81(43-29-74)88(104-65-96-10)53-51-87(52-54-88,103-64-95-9)80-40-26-71(27-41-80)69-18-16-68(17-19-69)59-99-60-91-5/h16-47H,13-15,48-67H2,1-12H3. The molecule has 0 radical (unpaired) electrons. The van der Waals surface area contributed by atoms with Crippen molar-refractivity contribution in [3.8, 4) is 44.5 Å². The highest BCUT2D eigenvalue weighted by molar-refractivity contribution is 5.68. The highest BCUT2D eigenvalue weighted by Crippen LogP contribution is 2.53. The SMILES string of the molecule is CCCC(CC)(OCOC)c1ccc(-c2ccc(C3(OCOC)CCC(OCOC)(c4ccc(-c5ccc(C(CC)(CCC(C)(OCOC)c6ccc(-c7ccc(C8(OCOC)CCC(OCOC)(c9ccc(-c%10ccc(COCOC)cc%10)cc9)CC8)cc7)cc6)OCOC)cc5)cc4)CC3)cc2)cc1. The van der Waals surface area contributed by atoms with Crippen molar-refractivity contribution in [3.63, 3.8) is 0 Å². The summed E-state index contributed by atoms with van der Waals surface area (Å²) in [6.45, 7) is 10.6. The average molecular weight is 1450 g/mol. The molecule has 16 heteroatoms. The fourth-order valence-electron chi connectivity index (χ4n) is 16.0. The maximum Gasteiger partial charge on any atom is 0.147 e. The van der Waals surface area contributed by atoms with E-state index in [1.165, 1.54) is 5.56 Å². The van der Waals surface area contributed by atoms with Crippen molar-refractivity contribution in [2.45, 2.75) is 163 Å². The van der Waals surface area contributed by atoms with E-state index >= 15 is 0 Å². The average Bonchev–Trinajstić information content (AvgIpc) is 0.762. The quantitative estimate of drug-likeness (QED) is 0.0263. The van der Waals surface area contributed by atoms with Crippen molar-refractivity contribution in [2.75, 3.05) is 111 Å². The van der Waals surface area contributed by atoms with Gasteiger partial charge in [-0.05, 0) is 179 Å². The molecule has 0 heterocycles. The minimum atomic E-state index is -0.737. The number of hydrogen-bond donors (Lipinski definition) is 0. The van der Waals surface area contributed by atoms with Gasteiger partial charge in [-0.15, -0.1) is 0 Å². The largest absolute Gasteiger partial charge is 0.359 e. The summed E-state index contributed by atoms with van der Waals surface area (Å²) in [6, 6.07) is 69.9. The van der Waals surface area contributed by atoms with Gasteiger partial charge < -0.3 is 75.8 Å². The van der Waals surface area contributed by atoms with Crippen molar-refractivity contribution in [3.05, 3.63) is 239 Å². The molecule has 10 rings (SSSR count). The van der Waals surface area contributed by atoms with Gasteiger partial charge in [0, 0.05) is 56.9 Å². The molecule has 16 nitrogen and oxygen atoms in total. The van der Waals surface area contributed by atoms with Crippen LogP contribution in [0.5, 0.6) is 0 Å². The Morgan fingerprint density at radius 3 is 0.802 bits per heavy atom. The van der Waals surface area contributed by atoms with Gasteiger partial charge in [0.25, 0.3) is 0 Å². The van der Waals surface area contributed by atoms with Crippen LogP contribution in [0.2, 0.25) is 0 Å². The third-order valence-electron chi connectivity index (χ3n) is 22.5. The molecule has 8 aromatic rings. The molecule has 2 fully saturated rings. The monoisotopic (exact) mass is 1450 g/mol. The first-order valence-electron chi connectivity index (χ1n) is 37.5. The van der Waals surface area contributed by atoms with Gasteiger partial charge in [-0.3, -0.25) is 0 Å². The molecule has 2 saturated carbocycles. The van der Waals surface area contributed by atoms with E-state index in [1.807, 2.05) is 0 Å². The van der Waals surface area contributed by atoms with Crippen LogP contribution in [0.3, 0.4) is 0 Å². The summed E-state index contributed by atoms with van der Waals surface area (Å²) < 4.78 is 96.1. The molecule has 0 N–H and O–H groups in total. The van der Waals surface area contributed by atoms with Gasteiger partial charge in [0.05, 0.1) is 45.8 Å². The zero-order chi connectivity index (χ0) is 74.9. The Balaban J connectivity index is 0.805. The maximum absolute atomic E-state index is 6.79. The van der Waals surface area contributed by atoms with Crippen LogP contribution in [0.4, 0.5) is 0 Å². The minimum Gasteiger partial charge on any atom is -0.359 e. The molecule has 2 aliphatic rings. The number of benzene rings is 8. The minimum absolute atomic E-state index is 0.119. The van der Waals surface area contributed by atoms with Crippen LogP contribution in [0.1, 0.15) is 162 Å². The smallest absolute Gasteiger partial charge is 0.147 e. The molecule has 0 bridgehead atoms. The van der Waals surface area contributed by atoms with Gasteiger partial charge in [0.2, 0.25) is 0 Å². The van der Waals surface area contributed by atoms with Crippen molar-refractivity contribution < 1.29 is 75.8 Å². The number of ether oxygens (including phenoxy) is 16. The Morgan fingerprint density at radius 2 is 0.528 bits per heavy atom. The van der Waals surface area contributed by atoms with Gasteiger partial charge in [0.15, 0.2) is 0 Å². The number of hydrogen-bond acceptors (Lipinski definition) is 16. The Morgan fingerprint density at radius 1 is 0.274 bits per heavy atom. The van der Waals surface area contributed by atoms with Crippen LogP contribution >= 0.6 is 0 Å². The molecule has 2 aliphatic carbocycles. The van der Waals surface area contributed by atoms with Crippen molar-refractivity contribution >= 4 is 0 Å². The highest BCUT2D eigenvalue weighted by Gasteiger charge is 2.49. The fourth-order valence-corrected chi connectivity index (χ4v) is 16.0. The second kappa shape index (κ2) is 39.0. The molecule has 570 valence electrons. The molecular formula is C90H114O16. The molecular weight excluding hydrogens is 1340 g/mol. The molecule has 8 aromatic carbocycles. The molecule has 0 spiro atoms. The summed E-state index contributed by atoms with van der Waals surface area (Å²) in [5.41, 5.74) is 13.5. The van der Waals surface area contributed by atoms with Gasteiger partial charge in [-0.2, -0.15) is 0 Å². The van der Waals surface area contributed by atoms with E-state index in [4.69, 9.17) is 75.8 Å². The lowest BCUT2D eigenvalue weighted by Crippen LogP contribution is -2.43. The lowest BCUT2D eigenvalue weighted by Gasteiger charge is -2.46. The number of methoxy groups -OCH3 is 8. The predicted molar refractivity (Wildman–Crippen MR) is 414 cm³/mol. The highest BCUT2D eigenvalue weighted by atomic mass is 16.7. The zero-order valence-corrected chi connectivity index (χ0v) is 64.8. The molecule has 0 aromatic heterocycles. The molecule has 0 saturated heterocycles. The van der Waals surface area contributed by atoms with Crippen LogP contribution < -0.4 is 0 Å². The fraction of sp³-hybridized carbons (Fsp3) is 0.467. The predicted octanol–water partition coefficient (Wildman–Crippen LogP) is 19.9. The Hall–Kier alpha value is -6.88.